The van der Waals surface area contributed by atoms with Crippen molar-refractivity contribution < 1.29 is 14.3 Å². The van der Waals surface area contributed by atoms with Crippen LogP contribution in [-0.4, -0.2) is 31.9 Å². The summed E-state index contributed by atoms with van der Waals surface area (Å²) >= 11 is 1.35. The minimum Gasteiger partial charge on any atom is -0.491 e. The lowest BCUT2D eigenvalue weighted by atomic mass is 10.1. The van der Waals surface area contributed by atoms with E-state index in [1.165, 1.54) is 11.3 Å². The fraction of sp³-hybridized carbons (Fsp3) is 0.368. The molecule has 0 aliphatic rings. The predicted molar refractivity (Wildman–Crippen MR) is 100 cm³/mol. The topological polar surface area (TPSA) is 67.4 Å². The number of thiophene rings is 1. The molecule has 25 heavy (non-hydrogen) atoms. The molecule has 0 bridgehead atoms. The second-order valence-electron chi connectivity index (χ2n) is 6.00. The van der Waals surface area contributed by atoms with Crippen LogP contribution in [0.4, 0.5) is 0 Å². The molecule has 1 aromatic heterocycles. The first-order chi connectivity index (χ1) is 12.0. The third kappa shape index (κ3) is 5.69. The van der Waals surface area contributed by atoms with Gasteiger partial charge in [-0.15, -0.1) is 11.3 Å². The van der Waals surface area contributed by atoms with E-state index in [2.05, 4.69) is 10.6 Å². The fourth-order valence-corrected chi connectivity index (χ4v) is 3.32. The first kappa shape index (κ1) is 19.1. The van der Waals surface area contributed by atoms with E-state index in [-0.39, 0.29) is 17.9 Å². The maximum Gasteiger partial charge on any atom is 0.261 e. The average molecular weight is 360 g/mol. The van der Waals surface area contributed by atoms with Crippen molar-refractivity contribution in [2.45, 2.75) is 32.4 Å². The minimum absolute atomic E-state index is 0.132. The van der Waals surface area contributed by atoms with Crippen LogP contribution in [0, 0.1) is 0 Å². The number of rotatable bonds is 9. The Labute approximate surface area is 152 Å². The number of carbonyl (C=O) groups is 2. The monoisotopic (exact) mass is 360 g/mol. The maximum atomic E-state index is 12.3. The van der Waals surface area contributed by atoms with Gasteiger partial charge in [-0.25, -0.2) is 0 Å². The lowest BCUT2D eigenvalue weighted by Crippen LogP contribution is -2.21. The van der Waals surface area contributed by atoms with Crippen molar-refractivity contribution in [3.05, 3.63) is 51.7 Å². The molecule has 2 aromatic rings. The molecular formula is C19H24N2O3S. The van der Waals surface area contributed by atoms with Gasteiger partial charge in [0.25, 0.3) is 5.91 Å². The van der Waals surface area contributed by atoms with E-state index in [9.17, 15) is 9.59 Å². The average Bonchev–Trinajstić information content (AvgIpc) is 3.08. The van der Waals surface area contributed by atoms with E-state index < -0.39 is 0 Å². The molecule has 1 unspecified atom stereocenters. The van der Waals surface area contributed by atoms with E-state index in [0.29, 0.717) is 18.0 Å². The van der Waals surface area contributed by atoms with E-state index in [4.69, 9.17) is 4.74 Å². The minimum atomic E-state index is -0.218. The Balaban J connectivity index is 1.92. The molecule has 0 fully saturated rings. The number of aldehydes is 1. The van der Waals surface area contributed by atoms with Crippen LogP contribution in [0.1, 0.15) is 39.9 Å². The Morgan fingerprint density at radius 2 is 1.92 bits per heavy atom. The molecule has 5 nitrogen and oxygen atoms in total. The number of amides is 1. The van der Waals surface area contributed by atoms with Crippen LogP contribution in [0.15, 0.2) is 36.4 Å². The zero-order chi connectivity index (χ0) is 18.2. The molecule has 0 saturated carbocycles. The molecule has 1 heterocycles. The van der Waals surface area contributed by atoms with Crippen molar-refractivity contribution in [3.8, 4) is 5.75 Å². The Kier molecular flexibility index (Phi) is 7.16. The molecule has 0 spiro atoms. The van der Waals surface area contributed by atoms with Gasteiger partial charge in [0.15, 0.2) is 0 Å². The molecule has 0 radical (unpaired) electrons. The van der Waals surface area contributed by atoms with Crippen LogP contribution < -0.4 is 15.4 Å². The van der Waals surface area contributed by atoms with E-state index >= 15 is 0 Å². The molecule has 1 aromatic carbocycles. The predicted octanol–water partition coefficient (Wildman–Crippen LogP) is 2.97. The first-order valence-electron chi connectivity index (χ1n) is 8.27. The van der Waals surface area contributed by atoms with Gasteiger partial charge in [-0.1, -0.05) is 12.1 Å². The van der Waals surface area contributed by atoms with Gasteiger partial charge in [0.2, 0.25) is 0 Å². The van der Waals surface area contributed by atoms with Crippen LogP contribution in [-0.2, 0) is 11.3 Å². The second-order valence-corrected chi connectivity index (χ2v) is 7.11. The van der Waals surface area contributed by atoms with E-state index in [1.54, 1.807) is 13.1 Å². The highest BCUT2D eigenvalue weighted by molar-refractivity contribution is 7.14. The second kappa shape index (κ2) is 9.34. The number of benzene rings is 1. The quantitative estimate of drug-likeness (QED) is 0.675. The van der Waals surface area contributed by atoms with Crippen molar-refractivity contribution in [1.82, 2.24) is 10.6 Å². The summed E-state index contributed by atoms with van der Waals surface area (Å²) in [6.07, 6.45) is 1.04. The molecule has 0 saturated heterocycles. The first-order valence-corrected chi connectivity index (χ1v) is 9.08. The summed E-state index contributed by atoms with van der Waals surface area (Å²) in [5, 5.41) is 5.89. The summed E-state index contributed by atoms with van der Waals surface area (Å²) in [7, 11) is 1.80. The number of hydrogen-bond acceptors (Lipinski definition) is 5. The van der Waals surface area contributed by atoms with Crippen LogP contribution in [0.25, 0.3) is 0 Å². The molecule has 6 heteroatoms. The SMILES string of the molecule is CNCC(C=O)c1ccc(C(=O)NCc2ccc(OC(C)C)cc2)s1. The normalized spacial score (nSPS) is 12.0. The van der Waals surface area contributed by atoms with Crippen molar-refractivity contribution in [2.24, 2.45) is 0 Å². The molecular weight excluding hydrogens is 336 g/mol. The summed E-state index contributed by atoms with van der Waals surface area (Å²) in [4.78, 5) is 24.9. The van der Waals surface area contributed by atoms with Crippen LogP contribution in [0.3, 0.4) is 0 Å². The summed E-state index contributed by atoms with van der Waals surface area (Å²) in [5.74, 6) is 0.468. The zero-order valence-electron chi connectivity index (χ0n) is 14.7. The molecule has 0 aliphatic carbocycles. The Bertz CT molecular complexity index is 695. The fourth-order valence-electron chi connectivity index (χ4n) is 2.34. The highest BCUT2D eigenvalue weighted by atomic mass is 32.1. The van der Waals surface area contributed by atoms with Gasteiger partial charge >= 0.3 is 0 Å². The van der Waals surface area contributed by atoms with Crippen molar-refractivity contribution in [1.29, 1.82) is 0 Å². The van der Waals surface area contributed by atoms with Gasteiger partial charge in [-0.3, -0.25) is 4.79 Å². The smallest absolute Gasteiger partial charge is 0.261 e. The van der Waals surface area contributed by atoms with Crippen LogP contribution in [0.2, 0.25) is 0 Å². The Morgan fingerprint density at radius 1 is 1.20 bits per heavy atom. The highest BCUT2D eigenvalue weighted by Crippen LogP contribution is 2.23. The maximum absolute atomic E-state index is 12.3. The van der Waals surface area contributed by atoms with Gasteiger partial charge < -0.3 is 20.2 Å². The molecule has 0 aliphatic heterocycles. The van der Waals surface area contributed by atoms with Crippen molar-refractivity contribution >= 4 is 23.5 Å². The summed E-state index contributed by atoms with van der Waals surface area (Å²) in [6.45, 7) is 4.97. The Morgan fingerprint density at radius 3 is 2.52 bits per heavy atom. The standard InChI is InChI=1S/C19H24N2O3S/c1-13(2)24-16-6-4-14(5-7-16)10-21-19(23)18-9-8-17(25-18)15(12-22)11-20-3/h4-9,12-13,15,20H,10-11H2,1-3H3,(H,21,23). The molecule has 2 rings (SSSR count). The third-order valence-corrected chi connectivity index (χ3v) is 4.77. The van der Waals surface area contributed by atoms with Crippen LogP contribution in [0.5, 0.6) is 5.75 Å². The molecule has 1 atom stereocenters. The van der Waals surface area contributed by atoms with Crippen molar-refractivity contribution in [3.63, 3.8) is 0 Å². The number of likely N-dealkylation sites (N-methyl/N-ethyl adjacent to an activating group) is 1. The van der Waals surface area contributed by atoms with E-state index in [1.807, 2.05) is 44.2 Å². The van der Waals surface area contributed by atoms with Gasteiger partial charge in [-0.2, -0.15) is 0 Å². The lowest BCUT2D eigenvalue weighted by molar-refractivity contribution is -0.108. The molecule has 1 amide bonds. The number of ether oxygens (including phenoxy) is 1. The molecule has 2 N–H and O–H groups in total. The molecule has 134 valence electrons. The lowest BCUT2D eigenvalue weighted by Gasteiger charge is -2.10. The highest BCUT2D eigenvalue weighted by Gasteiger charge is 2.15. The van der Waals surface area contributed by atoms with Gasteiger partial charge in [0.1, 0.15) is 12.0 Å². The number of hydrogen-bond donors (Lipinski definition) is 2. The largest absolute Gasteiger partial charge is 0.491 e. The van der Waals surface area contributed by atoms with Crippen molar-refractivity contribution in [2.75, 3.05) is 13.6 Å². The van der Waals surface area contributed by atoms with Gasteiger partial charge in [0, 0.05) is 18.0 Å². The van der Waals surface area contributed by atoms with Gasteiger partial charge in [-0.05, 0) is 50.7 Å². The van der Waals surface area contributed by atoms with E-state index in [0.717, 1.165) is 22.5 Å². The third-order valence-electron chi connectivity index (χ3n) is 3.55. The van der Waals surface area contributed by atoms with Crippen LogP contribution >= 0.6 is 11.3 Å². The summed E-state index contributed by atoms with van der Waals surface area (Å²) in [6, 6.07) is 11.3. The summed E-state index contributed by atoms with van der Waals surface area (Å²) < 4.78 is 5.60. The zero-order valence-corrected chi connectivity index (χ0v) is 15.6. The number of carbonyl (C=O) groups excluding carboxylic acids is 2. The number of nitrogens with one attached hydrogen (secondary N) is 2. The Hall–Kier alpha value is -2.18. The summed E-state index contributed by atoms with van der Waals surface area (Å²) in [5.41, 5.74) is 1.00. The van der Waals surface area contributed by atoms with Gasteiger partial charge in [0.05, 0.1) is 16.9 Å².